The number of hydrogen-bond acceptors (Lipinski definition) is 7. The maximum atomic E-state index is 13.0. The normalized spacial score (nSPS) is 14.4. The molecular weight excluding hydrogens is 581 g/mol. The van der Waals surface area contributed by atoms with E-state index in [0.29, 0.717) is 5.82 Å². The quantitative estimate of drug-likeness (QED) is 0.148. The summed E-state index contributed by atoms with van der Waals surface area (Å²) in [5.74, 6) is 0.498. The van der Waals surface area contributed by atoms with Gasteiger partial charge in [0.1, 0.15) is 17.0 Å². The van der Waals surface area contributed by atoms with Gasteiger partial charge in [0.2, 0.25) is 0 Å². The van der Waals surface area contributed by atoms with Gasteiger partial charge in [-0.1, -0.05) is 63.3 Å². The highest BCUT2D eigenvalue weighted by atomic mass is 32.5. The summed E-state index contributed by atoms with van der Waals surface area (Å²) < 4.78 is 24.2. The van der Waals surface area contributed by atoms with E-state index in [1.165, 1.54) is 44.1 Å². The summed E-state index contributed by atoms with van der Waals surface area (Å²) in [6, 6.07) is 8.56. The molecule has 0 radical (unpaired) electrons. The summed E-state index contributed by atoms with van der Waals surface area (Å²) in [4.78, 5) is 21.1. The van der Waals surface area contributed by atoms with Crippen molar-refractivity contribution in [2.45, 2.75) is 143 Å². The number of benzene rings is 1. The van der Waals surface area contributed by atoms with Crippen molar-refractivity contribution < 1.29 is 23.1 Å². The number of amides is 1. The van der Waals surface area contributed by atoms with Crippen molar-refractivity contribution in [2.24, 2.45) is 0 Å². The first kappa shape index (κ1) is 37.4. The molecule has 2 rings (SSSR count). The topological polar surface area (TPSA) is 94.7 Å². The fourth-order valence-corrected chi connectivity index (χ4v) is 7.75. The first-order valence-corrected chi connectivity index (χ1v) is 18.1. The molecule has 1 amide bonds. The average Bonchev–Trinajstić information content (AvgIpc) is 3.33. The second-order valence-electron chi connectivity index (χ2n) is 14.4. The van der Waals surface area contributed by atoms with Gasteiger partial charge in [0.05, 0.1) is 29.7 Å². The number of nitrogens with zero attached hydrogens (tertiary/aromatic N) is 1. The van der Waals surface area contributed by atoms with Crippen molar-refractivity contribution in [3.05, 3.63) is 41.9 Å². The van der Waals surface area contributed by atoms with Crippen molar-refractivity contribution >= 4 is 24.6 Å². The summed E-state index contributed by atoms with van der Waals surface area (Å²) in [5, 5.41) is 2.96. The van der Waals surface area contributed by atoms with Gasteiger partial charge in [-0.25, -0.2) is 9.78 Å². The van der Waals surface area contributed by atoms with E-state index in [2.05, 4.69) is 46.5 Å². The molecule has 1 atom stereocenters. The lowest BCUT2D eigenvalue weighted by Gasteiger charge is -2.37. The summed E-state index contributed by atoms with van der Waals surface area (Å²) in [6.45, 7) is 17.6. The van der Waals surface area contributed by atoms with Gasteiger partial charge in [-0.3, -0.25) is 0 Å². The van der Waals surface area contributed by atoms with Gasteiger partial charge in [0, 0.05) is 0 Å². The van der Waals surface area contributed by atoms with Crippen molar-refractivity contribution in [2.75, 3.05) is 6.61 Å². The zero-order valence-corrected chi connectivity index (χ0v) is 30.1. The Kier molecular flexibility index (Phi) is 13.5. The minimum absolute atomic E-state index is 0.0557. The lowest BCUT2D eigenvalue weighted by atomic mass is 10.0. The van der Waals surface area contributed by atoms with Crippen LogP contribution in [0.1, 0.15) is 126 Å². The summed E-state index contributed by atoms with van der Waals surface area (Å²) in [5.41, 5.74) is 0.135. The average molecular weight is 638 g/mol. The molecule has 1 aromatic heterocycles. The van der Waals surface area contributed by atoms with Gasteiger partial charge in [0.15, 0.2) is 0 Å². The highest BCUT2D eigenvalue weighted by Crippen LogP contribution is 2.56. The smallest absolute Gasteiger partial charge is 0.408 e. The number of H-pyrrole nitrogens is 1. The summed E-state index contributed by atoms with van der Waals surface area (Å²) in [6.07, 6.45) is 9.95. The molecule has 1 unspecified atom stereocenters. The third kappa shape index (κ3) is 14.3. The number of rotatable bonds is 15. The van der Waals surface area contributed by atoms with Crippen molar-refractivity contribution in [3.8, 4) is 11.3 Å². The molecular formula is C33H56N3O5PS. The van der Waals surface area contributed by atoms with Crippen LogP contribution >= 0.6 is 6.72 Å². The van der Waals surface area contributed by atoms with Crippen LogP contribution in [-0.4, -0.2) is 39.5 Å². The number of unbranched alkanes of at least 4 members (excludes halogenated alkanes) is 5. The summed E-state index contributed by atoms with van der Waals surface area (Å²) in [7, 11) is 0. The number of aromatic amines is 1. The molecule has 0 aliphatic heterocycles. The van der Waals surface area contributed by atoms with Crippen LogP contribution < -0.4 is 5.32 Å². The Morgan fingerprint density at radius 3 is 1.95 bits per heavy atom. The minimum atomic E-state index is -3.24. The molecule has 2 aromatic rings. The number of hydrogen-bond donors (Lipinski definition) is 2. The highest BCUT2D eigenvalue weighted by Gasteiger charge is 2.39. The minimum Gasteiger partial charge on any atom is -0.444 e. The molecule has 1 heterocycles. The second-order valence-corrected chi connectivity index (χ2v) is 17.3. The lowest BCUT2D eigenvalue weighted by Crippen LogP contribution is -2.49. The third-order valence-corrected chi connectivity index (χ3v) is 8.99. The molecule has 0 aliphatic rings. The van der Waals surface area contributed by atoms with Crippen LogP contribution in [0.2, 0.25) is 0 Å². The highest BCUT2D eigenvalue weighted by molar-refractivity contribution is 8.07. The van der Waals surface area contributed by atoms with E-state index in [1.54, 1.807) is 6.20 Å². The molecule has 2 N–H and O–H groups in total. The van der Waals surface area contributed by atoms with Gasteiger partial charge in [0.25, 0.3) is 0 Å². The SMILES string of the molecule is CCCCCCCCc1ccc(-c2cnc(C(C)(COP(=S)(OC(C)(C)C)OC(C)(C)C)NC(=O)OC(C)(C)C)[nH]2)cc1. The molecule has 0 aliphatic carbocycles. The van der Waals surface area contributed by atoms with Gasteiger partial charge in [-0.15, -0.1) is 0 Å². The molecule has 0 saturated heterocycles. The fraction of sp³-hybridized carbons (Fsp3) is 0.697. The number of aryl methyl sites for hydroxylation is 1. The van der Waals surface area contributed by atoms with E-state index in [0.717, 1.165) is 17.7 Å². The maximum Gasteiger partial charge on any atom is 0.408 e. The van der Waals surface area contributed by atoms with E-state index >= 15 is 0 Å². The Bertz CT molecular complexity index is 1170. The first-order chi connectivity index (χ1) is 19.7. The molecule has 1 aromatic carbocycles. The van der Waals surface area contributed by atoms with Gasteiger partial charge in [-0.2, -0.15) is 0 Å². The van der Waals surface area contributed by atoms with Crippen LogP contribution in [0.15, 0.2) is 30.5 Å². The van der Waals surface area contributed by atoms with Crippen molar-refractivity contribution in [1.29, 1.82) is 0 Å². The number of alkyl carbamates (subject to hydrolysis) is 1. The number of imidazole rings is 1. The van der Waals surface area contributed by atoms with Crippen LogP contribution in [0.5, 0.6) is 0 Å². The Hall–Kier alpha value is -1.77. The van der Waals surface area contributed by atoms with Crippen LogP contribution in [0.3, 0.4) is 0 Å². The van der Waals surface area contributed by atoms with E-state index in [4.69, 9.17) is 30.1 Å². The first-order valence-electron chi connectivity index (χ1n) is 15.5. The van der Waals surface area contributed by atoms with E-state index in [1.807, 2.05) is 69.2 Å². The Labute approximate surface area is 265 Å². The monoisotopic (exact) mass is 637 g/mol. The molecule has 244 valence electrons. The zero-order valence-electron chi connectivity index (χ0n) is 28.4. The molecule has 8 nitrogen and oxygen atoms in total. The molecule has 0 spiro atoms. The Balaban J connectivity index is 2.28. The standard InChI is InChI=1S/C33H56N3O5PS/c1-12-13-14-15-16-17-18-25-19-21-26(22-20-25)27-23-34-28(35-27)33(11,36-29(37)39-30(2,3)4)24-38-42(43,40-31(5,6)7)41-32(8,9)10/h19-23H,12-18,24H2,1-11H3,(H,34,35)(H,36,37). The number of aromatic nitrogens is 2. The van der Waals surface area contributed by atoms with Gasteiger partial charge < -0.3 is 28.6 Å². The fourth-order valence-electron chi connectivity index (χ4n) is 4.35. The molecule has 0 fully saturated rings. The zero-order chi connectivity index (χ0) is 32.5. The third-order valence-electron chi connectivity index (χ3n) is 6.24. The summed E-state index contributed by atoms with van der Waals surface area (Å²) >= 11 is 5.84. The van der Waals surface area contributed by atoms with Crippen LogP contribution in [0.25, 0.3) is 11.3 Å². The van der Waals surface area contributed by atoms with Crippen LogP contribution in [0.4, 0.5) is 4.79 Å². The van der Waals surface area contributed by atoms with Crippen molar-refractivity contribution in [1.82, 2.24) is 15.3 Å². The van der Waals surface area contributed by atoms with Gasteiger partial charge in [-0.05, 0) is 105 Å². The Morgan fingerprint density at radius 2 is 1.42 bits per heavy atom. The Morgan fingerprint density at radius 1 is 0.860 bits per heavy atom. The number of carbonyl (C=O) groups is 1. The molecule has 43 heavy (non-hydrogen) atoms. The van der Waals surface area contributed by atoms with Crippen LogP contribution in [-0.2, 0) is 42.1 Å². The molecule has 0 saturated carbocycles. The predicted octanol–water partition coefficient (Wildman–Crippen LogP) is 9.59. The number of carbonyl (C=O) groups excluding carboxylic acids is 1. The maximum absolute atomic E-state index is 13.0. The van der Waals surface area contributed by atoms with E-state index < -0.39 is 35.2 Å². The molecule has 10 heteroatoms. The number of ether oxygens (including phenoxy) is 1. The second kappa shape index (κ2) is 15.5. The molecule has 0 bridgehead atoms. The number of nitrogens with one attached hydrogen (secondary N) is 2. The van der Waals surface area contributed by atoms with E-state index in [9.17, 15) is 4.79 Å². The van der Waals surface area contributed by atoms with Gasteiger partial charge >= 0.3 is 12.8 Å². The lowest BCUT2D eigenvalue weighted by molar-refractivity contribution is 0.0154. The largest absolute Gasteiger partial charge is 0.444 e. The van der Waals surface area contributed by atoms with Crippen molar-refractivity contribution in [3.63, 3.8) is 0 Å². The predicted molar refractivity (Wildman–Crippen MR) is 180 cm³/mol. The van der Waals surface area contributed by atoms with E-state index in [-0.39, 0.29) is 6.61 Å². The van der Waals surface area contributed by atoms with Crippen LogP contribution in [0, 0.1) is 0 Å².